The lowest BCUT2D eigenvalue weighted by Gasteiger charge is -2.42. The van der Waals surface area contributed by atoms with Crippen molar-refractivity contribution < 1.29 is 26.7 Å². The van der Waals surface area contributed by atoms with Crippen LogP contribution in [-0.4, -0.2) is 49.7 Å². The van der Waals surface area contributed by atoms with E-state index in [4.69, 9.17) is 0 Å². The minimum Gasteiger partial charge on any atom is -0.376 e. The summed E-state index contributed by atoms with van der Waals surface area (Å²) in [6, 6.07) is 16.7. The lowest BCUT2D eigenvalue weighted by atomic mass is 9.94. The number of anilines is 1. The van der Waals surface area contributed by atoms with Crippen LogP contribution in [0.3, 0.4) is 0 Å². The van der Waals surface area contributed by atoms with Gasteiger partial charge in [0.25, 0.3) is 10.0 Å². The summed E-state index contributed by atoms with van der Waals surface area (Å²) in [5.74, 6) is 0. The molecule has 1 aliphatic rings. The average molecular weight is 525 g/mol. The normalized spacial score (nSPS) is 19.5. The van der Waals surface area contributed by atoms with Gasteiger partial charge < -0.3 is 10.0 Å². The van der Waals surface area contributed by atoms with Gasteiger partial charge in [0.05, 0.1) is 0 Å². The van der Waals surface area contributed by atoms with Crippen molar-refractivity contribution in [2.45, 2.75) is 42.3 Å². The molecule has 0 aliphatic carbocycles. The molecule has 0 saturated carbocycles. The van der Waals surface area contributed by atoms with Gasteiger partial charge in [-0.3, -0.25) is 0 Å². The summed E-state index contributed by atoms with van der Waals surface area (Å²) in [6.45, 7) is 3.61. The number of alkyl halides is 3. The van der Waals surface area contributed by atoms with Crippen molar-refractivity contribution in [1.29, 1.82) is 0 Å². The Balaban J connectivity index is 1.63. The van der Waals surface area contributed by atoms with Crippen LogP contribution in [0.4, 0.5) is 18.9 Å². The number of nitrogens with zero attached hydrogens (tertiary/aromatic N) is 2. The predicted octanol–water partition coefficient (Wildman–Crippen LogP) is 4.95. The highest BCUT2D eigenvalue weighted by Gasteiger charge is 2.51. The van der Waals surface area contributed by atoms with Crippen LogP contribution in [0, 0.1) is 6.92 Å². The van der Waals surface area contributed by atoms with E-state index in [1.54, 1.807) is 29.6 Å². The smallest absolute Gasteiger partial charge is 0.376 e. The van der Waals surface area contributed by atoms with Crippen molar-refractivity contribution in [1.82, 2.24) is 4.31 Å². The number of hydrogen-bond acceptors (Lipinski definition) is 5. The van der Waals surface area contributed by atoms with E-state index < -0.39 is 21.8 Å². The van der Waals surface area contributed by atoms with Crippen LogP contribution in [-0.2, 0) is 22.0 Å². The van der Waals surface area contributed by atoms with Gasteiger partial charge in [0.2, 0.25) is 0 Å². The summed E-state index contributed by atoms with van der Waals surface area (Å²) in [7, 11) is -3.63. The zero-order chi connectivity index (χ0) is 25.4. The van der Waals surface area contributed by atoms with E-state index >= 15 is 0 Å². The number of aliphatic hydroxyl groups is 1. The minimum atomic E-state index is -4.80. The number of aryl methyl sites for hydroxylation is 1. The van der Waals surface area contributed by atoms with Gasteiger partial charge in [0.15, 0.2) is 5.60 Å². The number of halogens is 3. The van der Waals surface area contributed by atoms with E-state index in [2.05, 4.69) is 0 Å². The molecule has 0 amide bonds. The summed E-state index contributed by atoms with van der Waals surface area (Å²) in [5.41, 5.74) is -0.374. The van der Waals surface area contributed by atoms with E-state index in [9.17, 15) is 26.7 Å². The fourth-order valence-electron chi connectivity index (χ4n) is 4.23. The Kier molecular flexibility index (Phi) is 7.02. The van der Waals surface area contributed by atoms with Crippen LogP contribution < -0.4 is 4.90 Å². The Morgan fingerprint density at radius 3 is 2.26 bits per heavy atom. The Bertz CT molecular complexity index is 1240. The Labute approximate surface area is 207 Å². The molecule has 0 spiro atoms. The molecule has 1 saturated heterocycles. The molecule has 10 heteroatoms. The molecular weight excluding hydrogens is 497 g/mol. The maximum Gasteiger partial charge on any atom is 0.421 e. The SMILES string of the molecule is Cc1ccc(CC2CN(S(=O)(=O)c3cccs3)CCN2c2ccc(C(C)(O)C(F)(F)F)cc2)cc1. The number of hydrogen-bond donors (Lipinski definition) is 1. The van der Waals surface area contributed by atoms with Gasteiger partial charge in [-0.15, -0.1) is 11.3 Å². The quantitative estimate of drug-likeness (QED) is 0.496. The van der Waals surface area contributed by atoms with Gasteiger partial charge in [-0.25, -0.2) is 8.42 Å². The molecule has 1 N–H and O–H groups in total. The number of piperazine rings is 1. The Morgan fingerprint density at radius 2 is 1.69 bits per heavy atom. The monoisotopic (exact) mass is 524 g/mol. The highest BCUT2D eigenvalue weighted by molar-refractivity contribution is 7.91. The van der Waals surface area contributed by atoms with Crippen molar-refractivity contribution in [3.05, 3.63) is 82.7 Å². The first-order chi connectivity index (χ1) is 16.4. The fourth-order valence-corrected chi connectivity index (χ4v) is 6.85. The first kappa shape index (κ1) is 25.7. The zero-order valence-corrected chi connectivity index (χ0v) is 21.0. The molecule has 0 radical (unpaired) electrons. The van der Waals surface area contributed by atoms with Gasteiger partial charge in [0.1, 0.15) is 4.21 Å². The summed E-state index contributed by atoms with van der Waals surface area (Å²) < 4.78 is 67.9. The molecule has 5 nitrogen and oxygen atoms in total. The first-order valence-electron chi connectivity index (χ1n) is 11.1. The van der Waals surface area contributed by atoms with Crippen molar-refractivity contribution in [3.8, 4) is 0 Å². The molecule has 1 aromatic heterocycles. The van der Waals surface area contributed by atoms with Crippen LogP contribution in [0.5, 0.6) is 0 Å². The summed E-state index contributed by atoms with van der Waals surface area (Å²) >= 11 is 1.17. The van der Waals surface area contributed by atoms with Crippen LogP contribution in [0.1, 0.15) is 23.6 Å². The van der Waals surface area contributed by atoms with Crippen LogP contribution in [0.2, 0.25) is 0 Å². The maximum atomic E-state index is 13.3. The molecule has 3 aromatic rings. The molecule has 0 bridgehead atoms. The van der Waals surface area contributed by atoms with Gasteiger partial charge >= 0.3 is 6.18 Å². The largest absolute Gasteiger partial charge is 0.421 e. The molecule has 1 fully saturated rings. The maximum absolute atomic E-state index is 13.3. The third-order valence-corrected chi connectivity index (χ3v) is 9.68. The molecule has 2 heterocycles. The second-order valence-corrected chi connectivity index (χ2v) is 12.1. The van der Waals surface area contributed by atoms with Crippen molar-refractivity contribution in [3.63, 3.8) is 0 Å². The van der Waals surface area contributed by atoms with Crippen molar-refractivity contribution >= 4 is 27.0 Å². The van der Waals surface area contributed by atoms with E-state index in [1.165, 1.54) is 27.8 Å². The minimum absolute atomic E-state index is 0.227. The molecule has 1 aliphatic heterocycles. The van der Waals surface area contributed by atoms with Gasteiger partial charge in [-0.2, -0.15) is 17.5 Å². The van der Waals surface area contributed by atoms with E-state index in [0.717, 1.165) is 18.1 Å². The summed E-state index contributed by atoms with van der Waals surface area (Å²) in [6.07, 6.45) is -4.23. The average Bonchev–Trinajstić information content (AvgIpc) is 3.36. The number of sulfonamides is 1. The fraction of sp³-hybridized carbons (Fsp3) is 0.360. The van der Waals surface area contributed by atoms with Gasteiger partial charge in [0, 0.05) is 31.4 Å². The molecule has 188 valence electrons. The Hall–Kier alpha value is -2.40. The molecule has 35 heavy (non-hydrogen) atoms. The molecular formula is C25H27F3N2O3S2. The highest BCUT2D eigenvalue weighted by atomic mass is 32.2. The number of thiophene rings is 1. The van der Waals surface area contributed by atoms with E-state index in [-0.39, 0.29) is 24.7 Å². The molecule has 2 unspecified atom stereocenters. The number of benzene rings is 2. The standard InChI is InChI=1S/C25H27F3N2O3S2/c1-18-5-7-19(8-6-18)16-22-17-29(35(32,33)23-4-3-15-34-23)13-14-30(22)21-11-9-20(10-12-21)24(2,31)25(26,27)28/h3-12,15,22,31H,13-14,16-17H2,1-2H3. The third kappa shape index (κ3) is 5.25. The lowest BCUT2D eigenvalue weighted by molar-refractivity contribution is -0.258. The summed E-state index contributed by atoms with van der Waals surface area (Å²) in [5, 5.41) is 11.7. The molecule has 4 rings (SSSR count). The molecule has 2 atom stereocenters. The van der Waals surface area contributed by atoms with E-state index in [0.29, 0.717) is 22.9 Å². The first-order valence-corrected chi connectivity index (χ1v) is 13.5. The number of rotatable bonds is 6. The topological polar surface area (TPSA) is 60.9 Å². The third-order valence-electron chi connectivity index (χ3n) is 6.44. The second-order valence-electron chi connectivity index (χ2n) is 8.95. The zero-order valence-electron chi connectivity index (χ0n) is 19.4. The van der Waals surface area contributed by atoms with Crippen molar-refractivity contribution in [2.75, 3.05) is 24.5 Å². The predicted molar refractivity (Wildman–Crippen MR) is 131 cm³/mol. The second kappa shape index (κ2) is 9.57. The lowest BCUT2D eigenvalue weighted by Crippen LogP contribution is -2.55. The van der Waals surface area contributed by atoms with Gasteiger partial charge in [-0.05, 0) is 55.0 Å². The van der Waals surface area contributed by atoms with Crippen molar-refractivity contribution in [2.24, 2.45) is 0 Å². The van der Waals surface area contributed by atoms with Crippen LogP contribution in [0.15, 0.2) is 70.3 Å². The highest BCUT2D eigenvalue weighted by Crippen LogP contribution is 2.39. The molecule has 2 aromatic carbocycles. The summed E-state index contributed by atoms with van der Waals surface area (Å²) in [4.78, 5) is 2.03. The van der Waals surface area contributed by atoms with Crippen LogP contribution >= 0.6 is 11.3 Å². The van der Waals surface area contributed by atoms with E-state index in [1.807, 2.05) is 36.1 Å². The van der Waals surface area contributed by atoms with Gasteiger partial charge in [-0.1, -0.05) is 48.0 Å². The van der Waals surface area contributed by atoms with Crippen LogP contribution in [0.25, 0.3) is 0 Å². The Morgan fingerprint density at radius 1 is 1.03 bits per heavy atom.